The minimum absolute atomic E-state index is 0. The zero-order valence-electron chi connectivity index (χ0n) is 10.3. The van der Waals surface area contributed by atoms with Crippen LogP contribution in [0.4, 0.5) is 4.39 Å². The first-order valence-electron chi connectivity index (χ1n) is 5.84. The fourth-order valence-electron chi connectivity index (χ4n) is 2.42. The molecule has 1 aromatic carbocycles. The van der Waals surface area contributed by atoms with E-state index in [9.17, 15) is 4.39 Å². The summed E-state index contributed by atoms with van der Waals surface area (Å²) in [4.78, 5) is 0. The summed E-state index contributed by atoms with van der Waals surface area (Å²) in [6, 6.07) is 6.73. The van der Waals surface area contributed by atoms with Crippen molar-refractivity contribution < 1.29 is 4.39 Å². The molecular weight excluding hydrogens is 288 g/mol. The van der Waals surface area contributed by atoms with E-state index >= 15 is 0 Å². The van der Waals surface area contributed by atoms with Crippen molar-refractivity contribution in [3.63, 3.8) is 0 Å². The van der Waals surface area contributed by atoms with Gasteiger partial charge in [-0.1, -0.05) is 12.1 Å². The summed E-state index contributed by atoms with van der Waals surface area (Å²) in [5.41, 5.74) is 8.64. The molecule has 1 unspecified atom stereocenters. The molecule has 0 radical (unpaired) electrons. The quantitative estimate of drug-likeness (QED) is 0.879. The Morgan fingerprint density at radius 3 is 2.74 bits per heavy atom. The first kappa shape index (κ1) is 16.0. The highest BCUT2D eigenvalue weighted by Crippen LogP contribution is 2.29. The lowest BCUT2D eigenvalue weighted by Crippen LogP contribution is -2.18. The molecule has 1 atom stereocenters. The molecule has 104 valence electrons. The van der Waals surface area contributed by atoms with Crippen molar-refractivity contribution in [2.24, 2.45) is 5.73 Å². The molecule has 3 nitrogen and oxygen atoms in total. The smallest absolute Gasteiger partial charge is 0.148 e. The maximum absolute atomic E-state index is 13.7. The molecule has 0 spiro atoms. The second kappa shape index (κ2) is 6.37. The van der Waals surface area contributed by atoms with Gasteiger partial charge in [0.1, 0.15) is 11.5 Å². The highest BCUT2D eigenvalue weighted by Gasteiger charge is 2.22. The second-order valence-corrected chi connectivity index (χ2v) is 4.41. The average Bonchev–Trinajstić information content (AvgIpc) is 2.75. The number of hydrogen-bond donors (Lipinski definition) is 1. The Labute approximate surface area is 123 Å². The van der Waals surface area contributed by atoms with Crippen LogP contribution >= 0.6 is 24.8 Å². The van der Waals surface area contributed by atoms with Gasteiger partial charge in [0.25, 0.3) is 0 Å². The summed E-state index contributed by atoms with van der Waals surface area (Å²) in [7, 11) is 0. The van der Waals surface area contributed by atoms with Crippen molar-refractivity contribution in [3.8, 4) is 5.69 Å². The van der Waals surface area contributed by atoms with E-state index in [-0.39, 0.29) is 36.7 Å². The van der Waals surface area contributed by atoms with Crippen LogP contribution in [0.25, 0.3) is 5.69 Å². The van der Waals surface area contributed by atoms with E-state index in [2.05, 4.69) is 5.10 Å². The lowest BCUT2D eigenvalue weighted by atomic mass is 9.94. The molecule has 0 fully saturated rings. The minimum atomic E-state index is -0.252. The summed E-state index contributed by atoms with van der Waals surface area (Å²) < 4.78 is 15.4. The Bertz CT molecular complexity index is 557. The van der Waals surface area contributed by atoms with Gasteiger partial charge < -0.3 is 5.73 Å². The molecule has 6 heteroatoms. The van der Waals surface area contributed by atoms with Crippen molar-refractivity contribution in [2.45, 2.75) is 25.3 Å². The molecule has 0 saturated heterocycles. The molecule has 0 saturated carbocycles. The molecule has 0 bridgehead atoms. The summed E-state index contributed by atoms with van der Waals surface area (Å²) in [5.74, 6) is -0.252. The van der Waals surface area contributed by atoms with Gasteiger partial charge in [0.05, 0.1) is 6.20 Å². The normalized spacial score (nSPS) is 17.1. The summed E-state index contributed by atoms with van der Waals surface area (Å²) >= 11 is 0. The van der Waals surface area contributed by atoms with Crippen LogP contribution in [0.1, 0.15) is 30.1 Å². The predicted octanol–water partition coefficient (Wildman–Crippen LogP) is 3.19. The van der Waals surface area contributed by atoms with Crippen LogP contribution in [-0.2, 0) is 6.42 Å². The molecule has 3 rings (SSSR count). The maximum atomic E-state index is 13.7. The Balaban J connectivity index is 0.000000902. The molecule has 0 amide bonds. The van der Waals surface area contributed by atoms with Gasteiger partial charge in [-0.2, -0.15) is 5.10 Å². The lowest BCUT2D eigenvalue weighted by Gasteiger charge is -2.19. The molecule has 1 aliphatic carbocycles. The average molecular weight is 304 g/mol. The molecule has 2 aromatic rings. The number of halogens is 3. The van der Waals surface area contributed by atoms with Crippen LogP contribution < -0.4 is 5.73 Å². The van der Waals surface area contributed by atoms with Crippen LogP contribution in [0.2, 0.25) is 0 Å². The number of benzene rings is 1. The van der Waals surface area contributed by atoms with Gasteiger partial charge in [-0.3, -0.25) is 0 Å². The lowest BCUT2D eigenvalue weighted by molar-refractivity contribution is 0.551. The highest BCUT2D eigenvalue weighted by molar-refractivity contribution is 5.85. The zero-order valence-corrected chi connectivity index (χ0v) is 11.9. The minimum Gasteiger partial charge on any atom is -0.324 e. The predicted molar refractivity (Wildman–Crippen MR) is 77.9 cm³/mol. The Kier molecular flexibility index (Phi) is 5.35. The summed E-state index contributed by atoms with van der Waals surface area (Å²) in [6.45, 7) is 0. The van der Waals surface area contributed by atoms with Gasteiger partial charge in [-0.25, -0.2) is 9.07 Å². The fraction of sp³-hybridized carbons (Fsp3) is 0.308. The number of hydrogen-bond acceptors (Lipinski definition) is 2. The van der Waals surface area contributed by atoms with Crippen molar-refractivity contribution in [1.29, 1.82) is 0 Å². The zero-order chi connectivity index (χ0) is 11.8. The van der Waals surface area contributed by atoms with E-state index in [4.69, 9.17) is 5.73 Å². The topological polar surface area (TPSA) is 43.8 Å². The van der Waals surface area contributed by atoms with Gasteiger partial charge >= 0.3 is 0 Å². The van der Waals surface area contributed by atoms with E-state index in [0.717, 1.165) is 30.5 Å². The number of rotatable bonds is 1. The van der Waals surface area contributed by atoms with E-state index in [1.54, 1.807) is 23.0 Å². The Hall–Kier alpha value is -1.10. The van der Waals surface area contributed by atoms with E-state index in [1.807, 2.05) is 6.07 Å². The maximum Gasteiger partial charge on any atom is 0.148 e. The second-order valence-electron chi connectivity index (χ2n) is 4.41. The first-order chi connectivity index (χ1) is 8.27. The third-order valence-corrected chi connectivity index (χ3v) is 3.31. The monoisotopic (exact) mass is 303 g/mol. The molecule has 1 aliphatic rings. The third-order valence-electron chi connectivity index (χ3n) is 3.31. The van der Waals surface area contributed by atoms with Crippen LogP contribution in [0.15, 0.2) is 30.5 Å². The molecular formula is C13H16Cl2FN3. The third kappa shape index (κ3) is 2.76. The van der Waals surface area contributed by atoms with Gasteiger partial charge in [-0.05, 0) is 31.4 Å². The van der Waals surface area contributed by atoms with Crippen molar-refractivity contribution in [2.75, 3.05) is 0 Å². The SMILES string of the molecule is Cl.Cl.NC1CCCc2c1cnn2-c1ccccc1F. The van der Waals surface area contributed by atoms with Crippen LogP contribution in [0, 0.1) is 5.82 Å². The van der Waals surface area contributed by atoms with Gasteiger partial charge in [0, 0.05) is 17.3 Å². The molecule has 19 heavy (non-hydrogen) atoms. The van der Waals surface area contributed by atoms with Crippen molar-refractivity contribution in [1.82, 2.24) is 9.78 Å². The van der Waals surface area contributed by atoms with Gasteiger partial charge in [-0.15, -0.1) is 24.8 Å². The van der Waals surface area contributed by atoms with E-state index < -0.39 is 0 Å². The molecule has 2 N–H and O–H groups in total. The fourth-order valence-corrected chi connectivity index (χ4v) is 2.42. The number of nitrogens with zero attached hydrogens (tertiary/aromatic N) is 2. The number of fused-ring (bicyclic) bond motifs is 1. The standard InChI is InChI=1S/C13H14FN3.2ClH/c14-10-4-1-2-6-13(10)17-12-7-3-5-11(15)9(12)8-16-17;;/h1-2,4,6,8,11H,3,5,7,15H2;2*1H. The summed E-state index contributed by atoms with van der Waals surface area (Å²) in [5, 5.41) is 4.28. The van der Waals surface area contributed by atoms with Gasteiger partial charge in [0.15, 0.2) is 0 Å². The first-order valence-corrected chi connectivity index (χ1v) is 5.84. The summed E-state index contributed by atoms with van der Waals surface area (Å²) in [6.07, 6.45) is 4.70. The van der Waals surface area contributed by atoms with Crippen LogP contribution in [-0.4, -0.2) is 9.78 Å². The van der Waals surface area contributed by atoms with Crippen LogP contribution in [0.5, 0.6) is 0 Å². The van der Waals surface area contributed by atoms with E-state index in [0.29, 0.717) is 5.69 Å². The molecule has 1 aromatic heterocycles. The van der Waals surface area contributed by atoms with E-state index in [1.165, 1.54) is 6.07 Å². The molecule has 1 heterocycles. The van der Waals surface area contributed by atoms with Crippen LogP contribution in [0.3, 0.4) is 0 Å². The molecule has 0 aliphatic heterocycles. The Morgan fingerprint density at radius 2 is 2.00 bits per heavy atom. The van der Waals surface area contributed by atoms with Gasteiger partial charge in [0.2, 0.25) is 0 Å². The largest absolute Gasteiger partial charge is 0.324 e. The highest BCUT2D eigenvalue weighted by atomic mass is 35.5. The number of nitrogens with two attached hydrogens (primary N) is 1. The number of para-hydroxylation sites is 1. The van der Waals surface area contributed by atoms with Crippen molar-refractivity contribution >= 4 is 24.8 Å². The Morgan fingerprint density at radius 1 is 1.26 bits per heavy atom. The van der Waals surface area contributed by atoms with Crippen molar-refractivity contribution in [3.05, 3.63) is 47.5 Å². The number of aromatic nitrogens is 2.